The van der Waals surface area contributed by atoms with Crippen LogP contribution >= 0.6 is 0 Å². The predicted molar refractivity (Wildman–Crippen MR) is 220 cm³/mol. The SMILES string of the molecule is C1=CC2C(C=C1c1cccc3oc4ccc(-c5nc(-c6ccccc6)c6ccccc6n5)cc4c13)CC1Cc3cc(-c4ccccc4)ccc3N12.CC. The van der Waals surface area contributed by atoms with Gasteiger partial charge in [-0.15, -0.1) is 0 Å². The third-order valence-corrected chi connectivity index (χ3v) is 11.2. The van der Waals surface area contributed by atoms with Crippen molar-refractivity contribution in [3.63, 3.8) is 0 Å². The van der Waals surface area contributed by atoms with Crippen LogP contribution in [0.15, 0.2) is 162 Å². The van der Waals surface area contributed by atoms with E-state index in [0.717, 1.165) is 62.5 Å². The van der Waals surface area contributed by atoms with Crippen molar-refractivity contribution >= 4 is 44.1 Å². The van der Waals surface area contributed by atoms with Gasteiger partial charge < -0.3 is 9.32 Å². The average molecular weight is 686 g/mol. The lowest BCUT2D eigenvalue weighted by molar-refractivity contribution is 0.625. The second-order valence-electron chi connectivity index (χ2n) is 14.1. The fourth-order valence-electron chi connectivity index (χ4n) is 8.92. The number of anilines is 1. The molecule has 1 aliphatic carbocycles. The molecule has 2 aromatic heterocycles. The molecule has 2 aliphatic heterocycles. The molecule has 4 nitrogen and oxygen atoms in total. The summed E-state index contributed by atoms with van der Waals surface area (Å²) >= 11 is 0. The Kier molecular flexibility index (Phi) is 7.57. The smallest absolute Gasteiger partial charge is 0.160 e. The highest BCUT2D eigenvalue weighted by atomic mass is 16.3. The van der Waals surface area contributed by atoms with Crippen LogP contribution in [0.3, 0.4) is 0 Å². The molecule has 3 unspecified atom stereocenters. The van der Waals surface area contributed by atoms with Gasteiger partial charge in [0.1, 0.15) is 11.2 Å². The molecule has 0 radical (unpaired) electrons. The molecule has 8 aromatic rings. The monoisotopic (exact) mass is 685 g/mol. The normalized spacial score (nSPS) is 18.4. The van der Waals surface area contributed by atoms with Crippen LogP contribution in [0, 0.1) is 5.92 Å². The highest BCUT2D eigenvalue weighted by molar-refractivity contribution is 6.12. The van der Waals surface area contributed by atoms with E-state index in [0.29, 0.717) is 23.8 Å². The molecule has 3 atom stereocenters. The first-order valence-electron chi connectivity index (χ1n) is 18.9. The Labute approximate surface area is 309 Å². The van der Waals surface area contributed by atoms with Gasteiger partial charge in [-0.25, -0.2) is 9.97 Å². The van der Waals surface area contributed by atoms with Crippen LogP contribution in [-0.2, 0) is 6.42 Å². The quantitative estimate of drug-likeness (QED) is 0.185. The van der Waals surface area contributed by atoms with Crippen molar-refractivity contribution in [1.82, 2.24) is 9.97 Å². The Morgan fingerprint density at radius 3 is 2.26 bits per heavy atom. The molecule has 0 N–H and O–H groups in total. The minimum atomic E-state index is 0.373. The molecule has 0 bridgehead atoms. The van der Waals surface area contributed by atoms with Gasteiger partial charge in [-0.05, 0) is 83.1 Å². The molecule has 1 fully saturated rings. The third-order valence-electron chi connectivity index (χ3n) is 11.2. The molecule has 4 heterocycles. The van der Waals surface area contributed by atoms with Crippen molar-refractivity contribution in [2.24, 2.45) is 5.92 Å². The molecular formula is C49H39N3O. The highest BCUT2D eigenvalue weighted by Crippen LogP contribution is 2.48. The minimum Gasteiger partial charge on any atom is -0.456 e. The second kappa shape index (κ2) is 12.8. The van der Waals surface area contributed by atoms with Gasteiger partial charge in [-0.1, -0.05) is 129 Å². The van der Waals surface area contributed by atoms with Gasteiger partial charge in [0.05, 0.1) is 17.3 Å². The second-order valence-corrected chi connectivity index (χ2v) is 14.1. The van der Waals surface area contributed by atoms with E-state index < -0.39 is 0 Å². The lowest BCUT2D eigenvalue weighted by atomic mass is 9.86. The van der Waals surface area contributed by atoms with Crippen LogP contribution in [-0.4, -0.2) is 22.1 Å². The number of allylic oxidation sites excluding steroid dienone is 2. The molecule has 0 amide bonds. The molecule has 3 aliphatic rings. The molecule has 11 rings (SSSR count). The zero-order valence-corrected chi connectivity index (χ0v) is 29.9. The number of nitrogens with zero attached hydrogens (tertiary/aromatic N) is 3. The van der Waals surface area contributed by atoms with Crippen LogP contribution in [0.4, 0.5) is 5.69 Å². The van der Waals surface area contributed by atoms with Gasteiger partial charge in [0, 0.05) is 44.9 Å². The van der Waals surface area contributed by atoms with Gasteiger partial charge in [0.15, 0.2) is 5.82 Å². The molecule has 6 aromatic carbocycles. The predicted octanol–water partition coefficient (Wildman–Crippen LogP) is 12.3. The summed E-state index contributed by atoms with van der Waals surface area (Å²) in [6.07, 6.45) is 9.57. The Morgan fingerprint density at radius 1 is 0.642 bits per heavy atom. The molecule has 0 saturated carbocycles. The average Bonchev–Trinajstić information content (AvgIpc) is 3.90. The van der Waals surface area contributed by atoms with Crippen molar-refractivity contribution in [1.29, 1.82) is 0 Å². The lowest BCUT2D eigenvalue weighted by Crippen LogP contribution is -2.34. The summed E-state index contributed by atoms with van der Waals surface area (Å²) in [6, 6.07) is 50.2. The van der Waals surface area contributed by atoms with Gasteiger partial charge in [0.25, 0.3) is 0 Å². The van der Waals surface area contributed by atoms with Crippen molar-refractivity contribution in [2.45, 2.75) is 38.8 Å². The lowest BCUT2D eigenvalue weighted by Gasteiger charge is -2.29. The maximum atomic E-state index is 6.47. The van der Waals surface area contributed by atoms with E-state index in [9.17, 15) is 0 Å². The first kappa shape index (κ1) is 31.5. The van der Waals surface area contributed by atoms with E-state index in [2.05, 4.69) is 151 Å². The number of fused-ring (bicyclic) bond motifs is 9. The van der Waals surface area contributed by atoms with E-state index in [1.807, 2.05) is 26.0 Å². The number of para-hydroxylation sites is 1. The first-order chi connectivity index (χ1) is 26.2. The van der Waals surface area contributed by atoms with E-state index in [4.69, 9.17) is 14.4 Å². The number of hydrogen-bond donors (Lipinski definition) is 0. The van der Waals surface area contributed by atoms with E-state index in [1.165, 1.54) is 33.5 Å². The van der Waals surface area contributed by atoms with Crippen molar-refractivity contribution in [3.8, 4) is 33.8 Å². The van der Waals surface area contributed by atoms with Gasteiger partial charge in [-0.3, -0.25) is 0 Å². The van der Waals surface area contributed by atoms with E-state index >= 15 is 0 Å². The summed E-state index contributed by atoms with van der Waals surface area (Å²) in [5.41, 5.74) is 13.6. The van der Waals surface area contributed by atoms with Crippen molar-refractivity contribution < 1.29 is 4.42 Å². The number of furan rings is 1. The van der Waals surface area contributed by atoms with Crippen LogP contribution in [0.2, 0.25) is 0 Å². The summed E-state index contributed by atoms with van der Waals surface area (Å²) in [5, 5.41) is 3.28. The van der Waals surface area contributed by atoms with E-state index in [1.54, 1.807) is 0 Å². The number of aromatic nitrogens is 2. The molecule has 4 heteroatoms. The minimum absolute atomic E-state index is 0.373. The maximum absolute atomic E-state index is 6.47. The maximum Gasteiger partial charge on any atom is 0.160 e. The zero-order chi connectivity index (χ0) is 35.5. The third kappa shape index (κ3) is 5.20. The largest absolute Gasteiger partial charge is 0.456 e. The summed E-state index contributed by atoms with van der Waals surface area (Å²) in [4.78, 5) is 12.9. The fraction of sp³-hybridized carbons (Fsp3) is 0.143. The first-order valence-corrected chi connectivity index (χ1v) is 18.9. The van der Waals surface area contributed by atoms with Crippen LogP contribution in [0.25, 0.3) is 72.2 Å². The number of hydrogen-bond acceptors (Lipinski definition) is 4. The van der Waals surface area contributed by atoms with Gasteiger partial charge >= 0.3 is 0 Å². The Morgan fingerprint density at radius 2 is 1.42 bits per heavy atom. The molecule has 53 heavy (non-hydrogen) atoms. The summed E-state index contributed by atoms with van der Waals surface area (Å²) in [5.74, 6) is 1.17. The van der Waals surface area contributed by atoms with Crippen molar-refractivity contribution in [2.75, 3.05) is 4.90 Å². The molecule has 256 valence electrons. The standard InChI is InChI=1S/C47H33N3O.C2H6/c1-3-10-29(11-4-1)31-18-21-41-34(24-31)26-36-27-35-25-32(19-22-42(35)50(36)41)37-15-9-17-44-45(37)39-28-33(20-23-43(39)51-44)47-48-40-16-8-7-14-38(40)46(49-47)30-12-5-2-6-13-30;1-2/h1-25,28,35-36,42H,26-27H2;1-2H3. The van der Waals surface area contributed by atoms with Crippen molar-refractivity contribution in [3.05, 3.63) is 169 Å². The molecular weight excluding hydrogens is 647 g/mol. The molecule has 1 saturated heterocycles. The van der Waals surface area contributed by atoms with Crippen LogP contribution < -0.4 is 4.90 Å². The highest BCUT2D eigenvalue weighted by Gasteiger charge is 2.44. The van der Waals surface area contributed by atoms with Gasteiger partial charge in [0.2, 0.25) is 0 Å². The number of benzene rings is 6. The summed E-state index contributed by atoms with van der Waals surface area (Å²) in [6.45, 7) is 4.00. The Balaban J connectivity index is 0.00000172. The zero-order valence-electron chi connectivity index (χ0n) is 29.9. The molecule has 0 spiro atoms. The topological polar surface area (TPSA) is 42.2 Å². The fourth-order valence-corrected chi connectivity index (χ4v) is 8.92. The van der Waals surface area contributed by atoms with E-state index in [-0.39, 0.29) is 0 Å². The van der Waals surface area contributed by atoms with Crippen LogP contribution in [0.1, 0.15) is 31.4 Å². The Hall–Kier alpha value is -6.26. The van der Waals surface area contributed by atoms with Gasteiger partial charge in [-0.2, -0.15) is 0 Å². The summed E-state index contributed by atoms with van der Waals surface area (Å²) in [7, 11) is 0. The Bertz CT molecular complexity index is 2730. The number of rotatable bonds is 4. The van der Waals surface area contributed by atoms with Crippen LogP contribution in [0.5, 0.6) is 0 Å². The summed E-state index contributed by atoms with van der Waals surface area (Å²) < 4.78 is 6.47.